The largest absolute Gasteiger partial charge is 0.396 e. The molecular weight excluding hydrogens is 255 g/mol. The first kappa shape index (κ1) is 16.8. The Labute approximate surface area is 113 Å². The Morgan fingerprint density at radius 1 is 1.05 bits per heavy atom. The molecule has 0 radical (unpaired) electrons. The van der Waals surface area contributed by atoms with Gasteiger partial charge in [0.2, 0.25) is 0 Å². The van der Waals surface area contributed by atoms with Crippen LogP contribution in [0.3, 0.4) is 0 Å². The fourth-order valence-corrected chi connectivity index (χ4v) is 2.77. The van der Waals surface area contributed by atoms with E-state index in [1.165, 1.54) is 0 Å². The molecule has 0 aromatic carbocycles. The Bertz CT molecular complexity index is 248. The van der Waals surface area contributed by atoms with Crippen molar-refractivity contribution in [3.8, 4) is 0 Å². The van der Waals surface area contributed by atoms with Crippen LogP contribution in [-0.2, 0) is 0 Å². The lowest BCUT2D eigenvalue weighted by Crippen LogP contribution is -2.43. The number of hydrogen-bond donors (Lipinski definition) is 2. The number of halogens is 3. The van der Waals surface area contributed by atoms with E-state index in [2.05, 4.69) is 5.32 Å². The minimum absolute atomic E-state index is 0.124. The number of hydrogen-bond acceptors (Lipinski definition) is 2. The lowest BCUT2D eigenvalue weighted by atomic mass is 9.81. The molecular formula is C14H26F3NO. The van der Waals surface area contributed by atoms with E-state index in [1.54, 1.807) is 0 Å². The van der Waals surface area contributed by atoms with Gasteiger partial charge in [-0.15, -0.1) is 0 Å². The molecule has 0 spiro atoms. The SMILES string of the molecule is CCC(CC)(CO)CNC1CCC(C(F)(F)F)CC1. The summed E-state index contributed by atoms with van der Waals surface area (Å²) in [5, 5.41) is 12.8. The number of rotatable bonds is 6. The van der Waals surface area contributed by atoms with Crippen molar-refractivity contribution in [2.45, 2.75) is 64.6 Å². The molecule has 1 fully saturated rings. The van der Waals surface area contributed by atoms with Crippen LogP contribution in [-0.4, -0.2) is 30.5 Å². The van der Waals surface area contributed by atoms with Gasteiger partial charge in [0.05, 0.1) is 5.92 Å². The predicted octanol–water partition coefficient (Wildman–Crippen LogP) is 3.50. The van der Waals surface area contributed by atoms with E-state index in [-0.39, 0.29) is 30.9 Å². The third-order valence-corrected chi connectivity index (χ3v) is 4.79. The number of aliphatic hydroxyl groups is 1. The van der Waals surface area contributed by atoms with Crippen LogP contribution in [0, 0.1) is 11.3 Å². The van der Waals surface area contributed by atoms with Crippen LogP contribution in [0.15, 0.2) is 0 Å². The minimum atomic E-state index is -4.04. The minimum Gasteiger partial charge on any atom is -0.396 e. The molecule has 1 rings (SSSR count). The first-order chi connectivity index (χ1) is 8.87. The normalized spacial score (nSPS) is 25.6. The summed E-state index contributed by atoms with van der Waals surface area (Å²) >= 11 is 0. The van der Waals surface area contributed by atoms with Gasteiger partial charge in [-0.25, -0.2) is 0 Å². The summed E-state index contributed by atoms with van der Waals surface area (Å²) < 4.78 is 37.7. The summed E-state index contributed by atoms with van der Waals surface area (Å²) in [4.78, 5) is 0. The van der Waals surface area contributed by atoms with Gasteiger partial charge in [0.15, 0.2) is 0 Å². The maximum atomic E-state index is 12.6. The zero-order chi connectivity index (χ0) is 14.5. The van der Waals surface area contributed by atoms with Crippen LogP contribution < -0.4 is 5.32 Å². The molecule has 0 bridgehead atoms. The fourth-order valence-electron chi connectivity index (χ4n) is 2.77. The van der Waals surface area contributed by atoms with Gasteiger partial charge in [0, 0.05) is 24.6 Å². The zero-order valence-corrected chi connectivity index (χ0v) is 11.9. The Morgan fingerprint density at radius 3 is 1.95 bits per heavy atom. The Kier molecular flexibility index (Phi) is 6.12. The van der Waals surface area contributed by atoms with Crippen molar-refractivity contribution in [2.24, 2.45) is 11.3 Å². The highest BCUT2D eigenvalue weighted by Gasteiger charge is 2.41. The van der Waals surface area contributed by atoms with Crippen molar-refractivity contribution in [3.05, 3.63) is 0 Å². The van der Waals surface area contributed by atoms with Crippen LogP contribution in [0.25, 0.3) is 0 Å². The lowest BCUT2D eigenvalue weighted by molar-refractivity contribution is -0.182. The van der Waals surface area contributed by atoms with Gasteiger partial charge in [-0.1, -0.05) is 13.8 Å². The number of alkyl halides is 3. The van der Waals surface area contributed by atoms with Crippen molar-refractivity contribution in [2.75, 3.05) is 13.2 Å². The average molecular weight is 281 g/mol. The summed E-state index contributed by atoms with van der Waals surface area (Å²) in [6.07, 6.45) is -0.655. The highest BCUT2D eigenvalue weighted by atomic mass is 19.4. The molecule has 0 aliphatic heterocycles. The van der Waals surface area contributed by atoms with E-state index in [4.69, 9.17) is 0 Å². The molecule has 114 valence electrons. The van der Waals surface area contributed by atoms with Crippen molar-refractivity contribution in [1.82, 2.24) is 5.32 Å². The van der Waals surface area contributed by atoms with Crippen molar-refractivity contribution in [3.63, 3.8) is 0 Å². The molecule has 2 nitrogen and oxygen atoms in total. The second-order valence-corrected chi connectivity index (χ2v) is 5.84. The van der Waals surface area contributed by atoms with Gasteiger partial charge >= 0.3 is 6.18 Å². The van der Waals surface area contributed by atoms with Crippen molar-refractivity contribution < 1.29 is 18.3 Å². The summed E-state index contributed by atoms with van der Waals surface area (Å²) in [7, 11) is 0. The number of aliphatic hydroxyl groups excluding tert-OH is 1. The summed E-state index contributed by atoms with van der Waals surface area (Å²) in [6.45, 7) is 4.91. The van der Waals surface area contributed by atoms with E-state index in [0.29, 0.717) is 19.4 Å². The van der Waals surface area contributed by atoms with E-state index >= 15 is 0 Å². The molecule has 1 saturated carbocycles. The summed E-state index contributed by atoms with van der Waals surface area (Å²) in [6, 6.07) is 0.169. The molecule has 0 saturated heterocycles. The van der Waals surface area contributed by atoms with Crippen molar-refractivity contribution >= 4 is 0 Å². The van der Waals surface area contributed by atoms with Crippen LogP contribution in [0.1, 0.15) is 52.4 Å². The first-order valence-electron chi connectivity index (χ1n) is 7.28. The molecule has 5 heteroatoms. The van der Waals surface area contributed by atoms with Gasteiger partial charge in [0.25, 0.3) is 0 Å². The molecule has 0 atom stereocenters. The second-order valence-electron chi connectivity index (χ2n) is 5.84. The standard InChI is InChI=1S/C14H26F3NO/c1-3-13(4-2,10-19)9-18-12-7-5-11(6-8-12)14(15,16)17/h11-12,18-19H,3-10H2,1-2H3. The highest BCUT2D eigenvalue weighted by Crippen LogP contribution is 2.37. The Hall–Kier alpha value is -0.290. The van der Waals surface area contributed by atoms with Crippen LogP contribution >= 0.6 is 0 Å². The van der Waals surface area contributed by atoms with Gasteiger partial charge in [-0.2, -0.15) is 13.2 Å². The van der Waals surface area contributed by atoms with Gasteiger partial charge < -0.3 is 10.4 Å². The number of nitrogens with one attached hydrogen (secondary N) is 1. The van der Waals surface area contributed by atoms with Gasteiger partial charge in [-0.05, 0) is 38.5 Å². The lowest BCUT2D eigenvalue weighted by Gasteiger charge is -2.35. The van der Waals surface area contributed by atoms with E-state index in [9.17, 15) is 18.3 Å². The molecule has 19 heavy (non-hydrogen) atoms. The average Bonchev–Trinajstić information content (AvgIpc) is 2.40. The molecule has 2 N–H and O–H groups in total. The fraction of sp³-hybridized carbons (Fsp3) is 1.00. The molecule has 0 unspecified atom stereocenters. The molecule has 0 amide bonds. The van der Waals surface area contributed by atoms with E-state index in [0.717, 1.165) is 12.8 Å². The van der Waals surface area contributed by atoms with Gasteiger partial charge in [-0.3, -0.25) is 0 Å². The van der Waals surface area contributed by atoms with Crippen molar-refractivity contribution in [1.29, 1.82) is 0 Å². The van der Waals surface area contributed by atoms with Crippen LogP contribution in [0.5, 0.6) is 0 Å². The quantitative estimate of drug-likeness (QED) is 0.781. The Balaban J connectivity index is 2.37. The van der Waals surface area contributed by atoms with Gasteiger partial charge in [0.1, 0.15) is 0 Å². The predicted molar refractivity (Wildman–Crippen MR) is 69.9 cm³/mol. The Morgan fingerprint density at radius 2 is 1.58 bits per heavy atom. The molecule has 1 aliphatic rings. The first-order valence-corrected chi connectivity index (χ1v) is 7.28. The van der Waals surface area contributed by atoms with Crippen LogP contribution in [0.4, 0.5) is 13.2 Å². The van der Waals surface area contributed by atoms with E-state index in [1.807, 2.05) is 13.8 Å². The smallest absolute Gasteiger partial charge is 0.391 e. The molecule has 1 aliphatic carbocycles. The third kappa shape index (κ3) is 4.63. The third-order valence-electron chi connectivity index (χ3n) is 4.79. The van der Waals surface area contributed by atoms with Crippen LogP contribution in [0.2, 0.25) is 0 Å². The summed E-state index contributed by atoms with van der Waals surface area (Å²) in [5.74, 6) is -1.12. The molecule has 0 aromatic heterocycles. The molecule has 0 aromatic rings. The second kappa shape index (κ2) is 6.93. The summed E-state index contributed by atoms with van der Waals surface area (Å²) in [5.41, 5.74) is -0.124. The van der Waals surface area contributed by atoms with E-state index < -0.39 is 12.1 Å². The molecule has 0 heterocycles. The monoisotopic (exact) mass is 281 g/mol. The maximum absolute atomic E-state index is 12.6. The zero-order valence-electron chi connectivity index (χ0n) is 11.9. The highest BCUT2D eigenvalue weighted by molar-refractivity contribution is 4.84. The maximum Gasteiger partial charge on any atom is 0.391 e. The topological polar surface area (TPSA) is 32.3 Å².